The Hall–Kier alpha value is -5.46. The van der Waals surface area contributed by atoms with Crippen molar-refractivity contribution < 1.29 is 46.1 Å². The third kappa shape index (κ3) is 16.4. The second-order valence-corrected chi connectivity index (χ2v) is 21.0. The van der Waals surface area contributed by atoms with Crippen molar-refractivity contribution in [2.45, 2.75) is 64.7 Å². The van der Waals surface area contributed by atoms with Gasteiger partial charge in [0.2, 0.25) is 0 Å². The van der Waals surface area contributed by atoms with Gasteiger partial charge in [0, 0.05) is 12.4 Å². The molecule has 0 saturated heterocycles. The molecule has 0 saturated carbocycles. The number of alkyl halides is 6. The van der Waals surface area contributed by atoms with E-state index in [1.54, 1.807) is 12.1 Å². The maximum Gasteiger partial charge on any atom is 2.00 e. The van der Waals surface area contributed by atoms with E-state index in [0.717, 1.165) is 11.1 Å². The summed E-state index contributed by atoms with van der Waals surface area (Å²) in [6.07, 6.45) is -6.13. The van der Waals surface area contributed by atoms with Gasteiger partial charge < -0.3 is 20.2 Å². The summed E-state index contributed by atoms with van der Waals surface area (Å²) in [5, 5.41) is 18.7. The van der Waals surface area contributed by atoms with Gasteiger partial charge in [-0.1, -0.05) is 163 Å². The van der Waals surface area contributed by atoms with Crippen LogP contribution in [0.3, 0.4) is 0 Å². The van der Waals surface area contributed by atoms with Crippen LogP contribution in [0.1, 0.15) is 64.3 Å². The number of nitrogens with zero attached hydrogens (tertiary/aromatic N) is 8. The Labute approximate surface area is 403 Å². The van der Waals surface area contributed by atoms with E-state index in [1.807, 2.05) is 53.7 Å². The zero-order chi connectivity index (χ0) is 48.1. The number of rotatable bonds is 6. The van der Waals surface area contributed by atoms with Crippen LogP contribution in [-0.2, 0) is 43.0 Å². The minimum Gasteiger partial charge on any atom is -0.413 e. The molecule has 8 nitrogen and oxygen atoms in total. The Kier molecular flexibility index (Phi) is 19.4. The van der Waals surface area contributed by atoms with E-state index in [9.17, 15) is 26.3 Å². The molecule has 350 valence electrons. The van der Waals surface area contributed by atoms with Crippen LogP contribution in [0.25, 0.3) is 23.0 Å². The van der Waals surface area contributed by atoms with Gasteiger partial charge in [-0.2, -0.15) is 26.3 Å². The van der Waals surface area contributed by atoms with Crippen LogP contribution in [0.5, 0.6) is 0 Å². The van der Waals surface area contributed by atoms with Crippen molar-refractivity contribution in [3.05, 3.63) is 181 Å². The van der Waals surface area contributed by atoms with Gasteiger partial charge in [-0.15, -0.1) is 0 Å². The first-order valence-electron chi connectivity index (χ1n) is 20.6. The van der Waals surface area contributed by atoms with Gasteiger partial charge in [0.1, 0.15) is 11.6 Å². The van der Waals surface area contributed by atoms with E-state index in [1.165, 1.54) is 33.6 Å². The van der Waals surface area contributed by atoms with Gasteiger partial charge in [0.05, 0.1) is 11.4 Å². The van der Waals surface area contributed by atoms with Gasteiger partial charge in [0.15, 0.2) is 0 Å². The molecule has 0 amide bonds. The predicted octanol–water partition coefficient (Wildman–Crippen LogP) is 11.1. The molecule has 0 aliphatic carbocycles. The molecule has 0 unspecified atom stereocenters. The number of halogens is 6. The molecule has 8 rings (SSSR count). The maximum absolute atomic E-state index is 12.4. The molecule has 4 heterocycles. The number of pyridine rings is 2. The third-order valence-corrected chi connectivity index (χ3v) is 14.0. The van der Waals surface area contributed by atoms with E-state index < -0.39 is 24.0 Å². The van der Waals surface area contributed by atoms with Crippen LogP contribution in [0.2, 0.25) is 0 Å². The number of benzene rings is 4. The average Bonchev–Trinajstić information content (AvgIpc) is 4.03. The minimum absolute atomic E-state index is 0. The summed E-state index contributed by atoms with van der Waals surface area (Å²) >= 11 is 0. The SMILES string of the molecule is CC(C)(C)c1ccnc(-c2nc(C(F)(F)F)n[n-]2)c1.CC(C)(C)c1ccnc(-c2nc(C(F)(F)F)n[n-]2)c1.CP(c1ccccc1)c1ccccc1.CP(c1ccccc1)c1ccccc1.[Os+2]. The second kappa shape index (κ2) is 24.0. The summed E-state index contributed by atoms with van der Waals surface area (Å²) in [5.74, 6) is -2.72. The summed E-state index contributed by atoms with van der Waals surface area (Å²) in [6, 6.07) is 49.8. The molecule has 4 aromatic heterocycles. The fraction of sp³-hybridized carbons (Fsp3) is 0.240. The van der Waals surface area contributed by atoms with Gasteiger partial charge in [-0.3, -0.25) is 20.2 Å². The Morgan fingerprint density at radius 3 is 0.910 bits per heavy atom. The molecule has 4 aromatic carbocycles. The first-order chi connectivity index (χ1) is 31.1. The molecule has 67 heavy (non-hydrogen) atoms. The van der Waals surface area contributed by atoms with Crippen LogP contribution in [0.15, 0.2) is 158 Å². The van der Waals surface area contributed by atoms with Crippen LogP contribution in [-0.4, -0.2) is 43.5 Å². The Morgan fingerprint density at radius 1 is 0.418 bits per heavy atom. The van der Waals surface area contributed by atoms with Crippen LogP contribution in [0.4, 0.5) is 26.3 Å². The van der Waals surface area contributed by atoms with Crippen LogP contribution < -0.4 is 31.4 Å². The topological polar surface area (TPSA) is 106 Å². The van der Waals surface area contributed by atoms with Crippen molar-refractivity contribution in [1.82, 2.24) is 40.3 Å². The fourth-order valence-corrected chi connectivity index (χ4v) is 8.95. The van der Waals surface area contributed by atoms with E-state index in [4.69, 9.17) is 0 Å². The van der Waals surface area contributed by atoms with Gasteiger partial charge in [0.25, 0.3) is 0 Å². The van der Waals surface area contributed by atoms with E-state index in [2.05, 4.69) is 175 Å². The molecule has 0 spiro atoms. The first kappa shape index (κ1) is 54.1. The summed E-state index contributed by atoms with van der Waals surface area (Å²) in [5.41, 5.74) is 2.19. The second-order valence-electron chi connectivity index (χ2n) is 16.7. The molecular formula is C50H50F6N8OsP2. The number of hydrogen-bond donors (Lipinski definition) is 0. The first-order valence-corrected chi connectivity index (χ1v) is 24.2. The maximum atomic E-state index is 12.4. The molecular weight excluding hydrogens is 1080 g/mol. The predicted molar refractivity (Wildman–Crippen MR) is 255 cm³/mol. The van der Waals surface area contributed by atoms with Crippen molar-refractivity contribution in [1.29, 1.82) is 0 Å². The monoisotopic (exact) mass is 1130 g/mol. The fourth-order valence-electron chi connectivity index (χ4n) is 5.88. The van der Waals surface area contributed by atoms with Crippen molar-refractivity contribution >= 4 is 37.1 Å². The quantitative estimate of drug-likeness (QED) is 0.120. The molecule has 0 fully saturated rings. The normalized spacial score (nSPS) is 11.6. The summed E-state index contributed by atoms with van der Waals surface area (Å²) < 4.78 is 74.4. The van der Waals surface area contributed by atoms with Crippen LogP contribution >= 0.6 is 15.8 Å². The standard InChI is InChI=1S/2C13H13P.2C12H12F3N4.Os/c2*1-14(12-8-4-2-5-9-12)13-10-6-3-7-11-13;2*1-11(2,3)7-4-5-16-8(6-7)9-17-10(19-18-9)12(13,14)15;/h2*2-11H,1H3;2*4-6H,1-3H3;/q;;2*-1;+2. The molecule has 8 aromatic rings. The molecule has 0 atom stereocenters. The van der Waals surface area contributed by atoms with Gasteiger partial charge in [-0.05, 0) is 108 Å². The third-order valence-electron chi connectivity index (χ3n) is 9.69. The van der Waals surface area contributed by atoms with Crippen molar-refractivity contribution in [2.75, 3.05) is 13.3 Å². The summed E-state index contributed by atoms with van der Waals surface area (Å²) in [4.78, 5) is 14.7. The zero-order valence-corrected chi connectivity index (χ0v) is 42.4. The molecule has 0 bridgehead atoms. The molecule has 0 radical (unpaired) electrons. The molecule has 0 aliphatic heterocycles. The van der Waals surface area contributed by atoms with E-state index in [-0.39, 0.29) is 69.5 Å². The summed E-state index contributed by atoms with van der Waals surface area (Å²) in [7, 11) is -0.342. The van der Waals surface area contributed by atoms with E-state index in [0.29, 0.717) is 0 Å². The average molecular weight is 1130 g/mol. The van der Waals surface area contributed by atoms with Gasteiger partial charge >= 0.3 is 32.1 Å². The molecule has 0 aliphatic rings. The van der Waals surface area contributed by atoms with Crippen LogP contribution in [0, 0.1) is 0 Å². The Balaban J connectivity index is 0.000000196. The molecule has 0 N–H and O–H groups in total. The Morgan fingerprint density at radius 2 is 0.687 bits per heavy atom. The van der Waals surface area contributed by atoms with Crippen molar-refractivity contribution in [3.63, 3.8) is 0 Å². The number of hydrogen-bond acceptors (Lipinski definition) is 6. The minimum atomic E-state index is -4.59. The van der Waals surface area contributed by atoms with Gasteiger partial charge in [-0.25, -0.2) is 0 Å². The smallest absolute Gasteiger partial charge is 0.413 e. The largest absolute Gasteiger partial charge is 2.00 e. The number of aromatic nitrogens is 8. The zero-order valence-electron chi connectivity index (χ0n) is 38.1. The van der Waals surface area contributed by atoms with E-state index >= 15 is 0 Å². The Bertz CT molecular complexity index is 2420. The molecule has 17 heteroatoms. The van der Waals surface area contributed by atoms with Crippen molar-refractivity contribution in [3.8, 4) is 23.0 Å². The summed E-state index contributed by atoms with van der Waals surface area (Å²) in [6.45, 7) is 16.6. The van der Waals surface area contributed by atoms with Crippen molar-refractivity contribution in [2.24, 2.45) is 0 Å².